The molecule has 1 aliphatic heterocycles. The topological polar surface area (TPSA) is 18.5 Å². The van der Waals surface area contributed by atoms with Crippen molar-refractivity contribution in [3.8, 4) is 12.3 Å². The summed E-state index contributed by atoms with van der Waals surface area (Å²) >= 11 is 2.32. The summed E-state index contributed by atoms with van der Waals surface area (Å²) in [6, 6.07) is 0. The van der Waals surface area contributed by atoms with Gasteiger partial charge in [-0.15, -0.1) is 6.42 Å². The predicted octanol–water partition coefficient (Wildman–Crippen LogP) is 0.839. The Hall–Kier alpha value is 0.210. The van der Waals surface area contributed by atoms with Crippen molar-refractivity contribution in [2.24, 2.45) is 0 Å². The van der Waals surface area contributed by atoms with Gasteiger partial charge in [0.05, 0.1) is 23.2 Å². The first kappa shape index (κ1) is 8.31. The van der Waals surface area contributed by atoms with Gasteiger partial charge in [0.1, 0.15) is 6.61 Å². The number of rotatable bonds is 2. The number of alkyl halides is 1. The highest BCUT2D eigenvalue weighted by Crippen LogP contribution is 2.17. The Morgan fingerprint density at radius 3 is 3.00 bits per heavy atom. The van der Waals surface area contributed by atoms with E-state index in [4.69, 9.17) is 15.9 Å². The van der Waals surface area contributed by atoms with Gasteiger partial charge in [-0.25, -0.2) is 0 Å². The Morgan fingerprint density at radius 1 is 1.70 bits per heavy atom. The molecule has 2 unspecified atom stereocenters. The van der Waals surface area contributed by atoms with Crippen molar-refractivity contribution < 1.29 is 9.47 Å². The lowest BCUT2D eigenvalue weighted by molar-refractivity contribution is 0.0657. The standard InChI is InChI=1S/C7H9IO2/c1-2-3-10-7-5-9-4-6(7)8/h1,6-7H,3-5H2. The maximum Gasteiger partial charge on any atom is 0.107 e. The summed E-state index contributed by atoms with van der Waals surface area (Å²) in [6.07, 6.45) is 5.24. The second-order valence-corrected chi connectivity index (χ2v) is 3.71. The largest absolute Gasteiger partial charge is 0.378 e. The van der Waals surface area contributed by atoms with Gasteiger partial charge in [0.15, 0.2) is 0 Å². The molecule has 1 rings (SSSR count). The number of terminal acetylenes is 1. The minimum atomic E-state index is 0.205. The lowest BCUT2D eigenvalue weighted by Gasteiger charge is -2.09. The molecule has 10 heavy (non-hydrogen) atoms. The summed E-state index contributed by atoms with van der Waals surface area (Å²) in [5.74, 6) is 2.43. The highest BCUT2D eigenvalue weighted by Gasteiger charge is 2.25. The molecule has 1 heterocycles. The fraction of sp³-hybridized carbons (Fsp3) is 0.714. The molecule has 1 aliphatic rings. The summed E-state index contributed by atoms with van der Waals surface area (Å²) in [6.45, 7) is 1.87. The quantitative estimate of drug-likeness (QED) is 0.412. The third kappa shape index (κ3) is 2.11. The molecule has 0 N–H and O–H groups in total. The van der Waals surface area contributed by atoms with Crippen molar-refractivity contribution in [2.75, 3.05) is 19.8 Å². The molecule has 0 saturated carbocycles. The number of ether oxygens (including phenoxy) is 2. The first-order valence-corrected chi connectivity index (χ1v) is 4.36. The van der Waals surface area contributed by atoms with E-state index >= 15 is 0 Å². The van der Waals surface area contributed by atoms with E-state index in [-0.39, 0.29) is 6.10 Å². The average molecular weight is 252 g/mol. The van der Waals surface area contributed by atoms with Gasteiger partial charge < -0.3 is 9.47 Å². The Morgan fingerprint density at radius 2 is 2.50 bits per heavy atom. The van der Waals surface area contributed by atoms with Gasteiger partial charge in [0, 0.05) is 0 Å². The van der Waals surface area contributed by atoms with Crippen molar-refractivity contribution in [3.63, 3.8) is 0 Å². The van der Waals surface area contributed by atoms with Crippen LogP contribution in [0.25, 0.3) is 0 Å². The van der Waals surface area contributed by atoms with Crippen LogP contribution in [0.3, 0.4) is 0 Å². The molecule has 3 heteroatoms. The van der Waals surface area contributed by atoms with E-state index in [2.05, 4.69) is 28.5 Å². The van der Waals surface area contributed by atoms with E-state index in [1.807, 2.05) is 0 Å². The first-order valence-electron chi connectivity index (χ1n) is 3.11. The lowest BCUT2D eigenvalue weighted by Crippen LogP contribution is -2.22. The highest BCUT2D eigenvalue weighted by atomic mass is 127. The van der Waals surface area contributed by atoms with Crippen molar-refractivity contribution in [1.82, 2.24) is 0 Å². The van der Waals surface area contributed by atoms with Crippen molar-refractivity contribution in [3.05, 3.63) is 0 Å². The van der Waals surface area contributed by atoms with Crippen LogP contribution in [0, 0.1) is 12.3 Å². The summed E-state index contributed by atoms with van der Waals surface area (Å²) in [7, 11) is 0. The molecule has 0 radical (unpaired) electrons. The second-order valence-electron chi connectivity index (χ2n) is 2.11. The molecule has 1 fully saturated rings. The molecule has 0 aromatic carbocycles. The molecule has 0 aromatic heterocycles. The predicted molar refractivity (Wildman–Crippen MR) is 47.2 cm³/mol. The zero-order chi connectivity index (χ0) is 7.40. The van der Waals surface area contributed by atoms with Crippen LogP contribution < -0.4 is 0 Å². The third-order valence-corrected chi connectivity index (χ3v) is 2.51. The highest BCUT2D eigenvalue weighted by molar-refractivity contribution is 14.1. The molecule has 56 valence electrons. The zero-order valence-electron chi connectivity index (χ0n) is 5.55. The fourth-order valence-corrected chi connectivity index (χ4v) is 1.49. The molecule has 0 spiro atoms. The Kier molecular flexibility index (Phi) is 3.46. The number of hydrogen-bond acceptors (Lipinski definition) is 2. The van der Waals surface area contributed by atoms with E-state index in [1.54, 1.807) is 0 Å². The van der Waals surface area contributed by atoms with E-state index < -0.39 is 0 Å². The Labute approximate surface area is 74.4 Å². The van der Waals surface area contributed by atoms with E-state index in [9.17, 15) is 0 Å². The lowest BCUT2D eigenvalue weighted by atomic mass is 10.3. The summed E-state index contributed by atoms with van der Waals surface area (Å²) in [5, 5.41) is 0. The SMILES string of the molecule is C#CCOC1COCC1I. The molecular formula is C7H9IO2. The molecule has 2 nitrogen and oxygen atoms in total. The summed E-state index contributed by atoms with van der Waals surface area (Å²) in [4.78, 5) is 0. The van der Waals surface area contributed by atoms with Crippen LogP contribution in [0.4, 0.5) is 0 Å². The minimum Gasteiger partial charge on any atom is -0.378 e. The third-order valence-electron chi connectivity index (χ3n) is 1.34. The molecule has 1 saturated heterocycles. The number of hydrogen-bond donors (Lipinski definition) is 0. The van der Waals surface area contributed by atoms with Crippen molar-refractivity contribution >= 4 is 22.6 Å². The van der Waals surface area contributed by atoms with Gasteiger partial charge in [-0.2, -0.15) is 0 Å². The Bertz CT molecular complexity index is 141. The van der Waals surface area contributed by atoms with Crippen LogP contribution in [-0.2, 0) is 9.47 Å². The van der Waals surface area contributed by atoms with Gasteiger partial charge in [-0.05, 0) is 0 Å². The monoisotopic (exact) mass is 252 g/mol. The van der Waals surface area contributed by atoms with Crippen LogP contribution in [-0.4, -0.2) is 29.8 Å². The summed E-state index contributed by atoms with van der Waals surface area (Å²) < 4.78 is 10.9. The van der Waals surface area contributed by atoms with Gasteiger partial charge in [-0.1, -0.05) is 28.5 Å². The van der Waals surface area contributed by atoms with E-state index in [1.165, 1.54) is 0 Å². The molecule has 0 amide bonds. The van der Waals surface area contributed by atoms with Crippen LogP contribution in [0.5, 0.6) is 0 Å². The number of halogens is 1. The van der Waals surface area contributed by atoms with Crippen molar-refractivity contribution in [2.45, 2.75) is 10.0 Å². The van der Waals surface area contributed by atoms with Crippen LogP contribution in [0.1, 0.15) is 0 Å². The average Bonchev–Trinajstić information content (AvgIpc) is 2.31. The van der Waals surface area contributed by atoms with Gasteiger partial charge in [0.25, 0.3) is 0 Å². The normalized spacial score (nSPS) is 32.0. The molecular weight excluding hydrogens is 243 g/mol. The summed E-state index contributed by atoms with van der Waals surface area (Å²) in [5.41, 5.74) is 0. The maximum absolute atomic E-state index is 5.30. The maximum atomic E-state index is 5.30. The smallest absolute Gasteiger partial charge is 0.107 e. The van der Waals surface area contributed by atoms with Gasteiger partial charge in [-0.3, -0.25) is 0 Å². The Balaban J connectivity index is 2.21. The van der Waals surface area contributed by atoms with Crippen LogP contribution in [0.2, 0.25) is 0 Å². The zero-order valence-corrected chi connectivity index (χ0v) is 7.71. The van der Waals surface area contributed by atoms with Crippen LogP contribution >= 0.6 is 22.6 Å². The van der Waals surface area contributed by atoms with Gasteiger partial charge >= 0.3 is 0 Å². The van der Waals surface area contributed by atoms with E-state index in [0.29, 0.717) is 17.1 Å². The van der Waals surface area contributed by atoms with E-state index in [0.717, 1.165) is 6.61 Å². The van der Waals surface area contributed by atoms with Gasteiger partial charge in [0.2, 0.25) is 0 Å². The minimum absolute atomic E-state index is 0.205. The molecule has 0 bridgehead atoms. The molecule has 0 aliphatic carbocycles. The molecule has 2 atom stereocenters. The first-order chi connectivity index (χ1) is 4.84. The van der Waals surface area contributed by atoms with Crippen LogP contribution in [0.15, 0.2) is 0 Å². The second kappa shape index (κ2) is 4.16. The fourth-order valence-electron chi connectivity index (χ4n) is 0.816. The van der Waals surface area contributed by atoms with Crippen molar-refractivity contribution in [1.29, 1.82) is 0 Å². The molecule has 0 aromatic rings.